The third kappa shape index (κ3) is 3.74. The summed E-state index contributed by atoms with van der Waals surface area (Å²) >= 11 is 0. The fourth-order valence-electron chi connectivity index (χ4n) is 1.41. The number of rotatable bonds is 6. The lowest BCUT2D eigenvalue weighted by Gasteiger charge is -2.17. The lowest BCUT2D eigenvalue weighted by molar-refractivity contribution is 0.201. The molecule has 0 saturated heterocycles. The summed E-state index contributed by atoms with van der Waals surface area (Å²) in [6, 6.07) is -0.398. The van der Waals surface area contributed by atoms with Gasteiger partial charge in [-0.05, 0) is 13.8 Å². The molecule has 0 aliphatic rings. The molecule has 19 heavy (non-hydrogen) atoms. The van der Waals surface area contributed by atoms with E-state index in [0.29, 0.717) is 13.1 Å². The second-order valence-electron chi connectivity index (χ2n) is 3.74. The van der Waals surface area contributed by atoms with Crippen LogP contribution in [0.25, 0.3) is 0 Å². The Labute approximate surface area is 112 Å². The molecule has 0 saturated carbocycles. The number of hydrogen-bond acceptors (Lipinski definition) is 6. The smallest absolute Gasteiger partial charge is 0.346 e. The van der Waals surface area contributed by atoms with Crippen LogP contribution >= 0.6 is 0 Å². The van der Waals surface area contributed by atoms with Crippen LogP contribution < -0.4 is 0 Å². The molecule has 0 fully saturated rings. The number of nitrogens with zero attached hydrogens (tertiary/aromatic N) is 4. The van der Waals surface area contributed by atoms with E-state index in [2.05, 4.69) is 10.1 Å². The third-order valence-corrected chi connectivity index (χ3v) is 3.98. The minimum atomic E-state index is -3.61. The molecule has 0 N–H and O–H groups in total. The Balaban J connectivity index is 2.91. The monoisotopic (exact) mass is 290 g/mol. The highest BCUT2D eigenvalue weighted by Crippen LogP contribution is 2.05. The first kappa shape index (κ1) is 15.6. The van der Waals surface area contributed by atoms with Crippen molar-refractivity contribution in [3.63, 3.8) is 0 Å². The van der Waals surface area contributed by atoms with Crippen molar-refractivity contribution in [2.24, 2.45) is 0 Å². The maximum Gasteiger partial charge on any atom is 0.346 e. The van der Waals surface area contributed by atoms with Crippen molar-refractivity contribution in [2.75, 3.05) is 32.6 Å². The van der Waals surface area contributed by atoms with Crippen molar-refractivity contribution >= 4 is 15.9 Å². The summed E-state index contributed by atoms with van der Waals surface area (Å²) in [6.07, 6.45) is 1.11. The zero-order valence-electron chi connectivity index (χ0n) is 11.2. The molecule has 1 rings (SSSR count). The first-order valence-electron chi connectivity index (χ1n) is 5.88. The van der Waals surface area contributed by atoms with Gasteiger partial charge in [0.25, 0.3) is 5.16 Å². The zero-order valence-corrected chi connectivity index (χ0v) is 12.1. The predicted molar refractivity (Wildman–Crippen MR) is 67.7 cm³/mol. The van der Waals surface area contributed by atoms with Crippen molar-refractivity contribution in [3.8, 4) is 0 Å². The van der Waals surface area contributed by atoms with Gasteiger partial charge >= 0.3 is 6.03 Å². The van der Waals surface area contributed by atoms with Crippen LogP contribution in [-0.4, -0.2) is 66.7 Å². The van der Waals surface area contributed by atoms with E-state index in [1.807, 2.05) is 13.8 Å². The van der Waals surface area contributed by atoms with E-state index in [0.717, 1.165) is 11.0 Å². The Morgan fingerprint density at radius 1 is 1.42 bits per heavy atom. The lowest BCUT2D eigenvalue weighted by atomic mass is 10.5. The Morgan fingerprint density at radius 3 is 2.58 bits per heavy atom. The predicted octanol–water partition coefficient (Wildman–Crippen LogP) is 0.00810. The molecule has 0 unspecified atom stereocenters. The molecule has 0 aliphatic heterocycles. The number of methoxy groups -OCH3 is 1. The molecular formula is C10H18N4O4S. The first-order valence-corrected chi connectivity index (χ1v) is 7.54. The number of amides is 1. The highest BCUT2D eigenvalue weighted by molar-refractivity contribution is 7.91. The van der Waals surface area contributed by atoms with Gasteiger partial charge in [-0.3, -0.25) is 0 Å². The molecule has 108 valence electrons. The van der Waals surface area contributed by atoms with Crippen LogP contribution in [0.5, 0.6) is 0 Å². The van der Waals surface area contributed by atoms with Gasteiger partial charge in [0.2, 0.25) is 9.84 Å². The summed E-state index contributed by atoms with van der Waals surface area (Å²) in [7, 11) is -2.20. The Morgan fingerprint density at radius 2 is 2.05 bits per heavy atom. The number of carbonyl (C=O) groups excluding carboxylic acids is 1. The van der Waals surface area contributed by atoms with Gasteiger partial charge in [-0.2, -0.15) is 4.68 Å². The second kappa shape index (κ2) is 6.62. The minimum Gasteiger partial charge on any atom is -0.384 e. The van der Waals surface area contributed by atoms with E-state index >= 15 is 0 Å². The van der Waals surface area contributed by atoms with Crippen LogP contribution in [0.3, 0.4) is 0 Å². The molecule has 0 aliphatic carbocycles. The summed E-state index contributed by atoms with van der Waals surface area (Å²) in [6.45, 7) is 4.74. The van der Waals surface area contributed by atoms with Gasteiger partial charge in [-0.1, -0.05) is 0 Å². The van der Waals surface area contributed by atoms with E-state index < -0.39 is 15.9 Å². The molecule has 1 aromatic rings. The molecule has 0 radical (unpaired) electrons. The van der Waals surface area contributed by atoms with Gasteiger partial charge < -0.3 is 9.64 Å². The van der Waals surface area contributed by atoms with Crippen LogP contribution in [0, 0.1) is 0 Å². The van der Waals surface area contributed by atoms with E-state index in [-0.39, 0.29) is 17.5 Å². The molecule has 1 aromatic heterocycles. The Hall–Kier alpha value is -1.48. The van der Waals surface area contributed by atoms with Gasteiger partial charge in [0.1, 0.15) is 6.33 Å². The molecule has 0 atom stereocenters. The van der Waals surface area contributed by atoms with Gasteiger partial charge in [0.15, 0.2) is 0 Å². The van der Waals surface area contributed by atoms with Crippen molar-refractivity contribution in [1.82, 2.24) is 19.7 Å². The van der Waals surface area contributed by atoms with Crippen LogP contribution in [0.4, 0.5) is 4.79 Å². The van der Waals surface area contributed by atoms with Crippen LogP contribution in [0.15, 0.2) is 11.5 Å². The summed E-state index contributed by atoms with van der Waals surface area (Å²) < 4.78 is 29.2. The van der Waals surface area contributed by atoms with E-state index in [4.69, 9.17) is 4.74 Å². The number of ether oxygens (including phenoxy) is 1. The highest BCUT2D eigenvalue weighted by Gasteiger charge is 2.22. The molecule has 9 heteroatoms. The summed E-state index contributed by atoms with van der Waals surface area (Å²) in [5.74, 6) is -0.215. The van der Waals surface area contributed by atoms with Crippen molar-refractivity contribution < 1.29 is 17.9 Å². The number of carbonyl (C=O) groups is 1. The fourth-order valence-corrected chi connectivity index (χ4v) is 2.39. The summed E-state index contributed by atoms with van der Waals surface area (Å²) in [5.41, 5.74) is 0. The van der Waals surface area contributed by atoms with Gasteiger partial charge in [0.05, 0.1) is 12.4 Å². The van der Waals surface area contributed by atoms with E-state index in [1.165, 1.54) is 12.0 Å². The topological polar surface area (TPSA) is 94.4 Å². The highest BCUT2D eigenvalue weighted by atomic mass is 32.2. The zero-order chi connectivity index (χ0) is 14.5. The number of sulfone groups is 1. The van der Waals surface area contributed by atoms with Crippen LogP contribution in [-0.2, 0) is 14.6 Å². The van der Waals surface area contributed by atoms with Crippen molar-refractivity contribution in [3.05, 3.63) is 6.33 Å². The maximum atomic E-state index is 11.9. The van der Waals surface area contributed by atoms with Crippen LogP contribution in [0.1, 0.15) is 13.8 Å². The molecule has 8 nitrogen and oxygen atoms in total. The molecule has 0 aromatic carbocycles. The van der Waals surface area contributed by atoms with E-state index in [9.17, 15) is 13.2 Å². The van der Waals surface area contributed by atoms with Gasteiger partial charge in [-0.25, -0.2) is 18.2 Å². The number of hydrogen-bond donors (Lipinski definition) is 0. The molecule has 0 bridgehead atoms. The Bertz CT molecular complexity index is 521. The second-order valence-corrected chi connectivity index (χ2v) is 5.74. The minimum absolute atomic E-state index is 0.0564. The van der Waals surface area contributed by atoms with Crippen molar-refractivity contribution in [2.45, 2.75) is 19.0 Å². The Kier molecular flexibility index (Phi) is 5.43. The SMILES string of the molecule is CCN(CC)C(=O)n1cnc(S(=O)(=O)CCOC)n1. The third-order valence-electron chi connectivity index (χ3n) is 2.54. The summed E-state index contributed by atoms with van der Waals surface area (Å²) in [4.78, 5) is 17.1. The fraction of sp³-hybridized carbons (Fsp3) is 0.700. The quantitative estimate of drug-likeness (QED) is 0.732. The van der Waals surface area contributed by atoms with Gasteiger partial charge in [-0.15, -0.1) is 5.10 Å². The average Bonchev–Trinajstić information content (AvgIpc) is 2.88. The maximum absolute atomic E-state index is 11.9. The number of aromatic nitrogens is 3. The standard InChI is InChI=1S/C10H18N4O4S/c1-4-13(5-2)10(15)14-8-11-9(12-14)19(16,17)7-6-18-3/h8H,4-7H2,1-3H3. The largest absolute Gasteiger partial charge is 0.384 e. The van der Waals surface area contributed by atoms with Gasteiger partial charge in [0, 0.05) is 20.2 Å². The van der Waals surface area contributed by atoms with Crippen molar-refractivity contribution in [1.29, 1.82) is 0 Å². The summed E-state index contributed by atoms with van der Waals surface area (Å²) in [5, 5.41) is 3.37. The normalized spacial score (nSPS) is 11.5. The molecule has 1 amide bonds. The lowest BCUT2D eigenvalue weighted by Crippen LogP contribution is -2.34. The molecular weight excluding hydrogens is 272 g/mol. The van der Waals surface area contributed by atoms with E-state index in [1.54, 1.807) is 0 Å². The van der Waals surface area contributed by atoms with Crippen LogP contribution in [0.2, 0.25) is 0 Å². The first-order chi connectivity index (χ1) is 8.96. The molecule has 0 spiro atoms. The average molecular weight is 290 g/mol. The molecule has 1 heterocycles.